The van der Waals surface area contributed by atoms with Crippen molar-refractivity contribution in [1.82, 2.24) is 5.32 Å². The molecule has 0 bridgehead atoms. The number of allylic oxidation sites excluding steroid dienone is 1. The molecule has 3 nitrogen and oxygen atoms in total. The van der Waals surface area contributed by atoms with E-state index in [1.54, 1.807) is 0 Å². The summed E-state index contributed by atoms with van der Waals surface area (Å²) in [5, 5.41) is 3.40. The number of rotatable bonds is 6. The smallest absolute Gasteiger partial charge is 0.335 e. The molecule has 0 aliphatic rings. The number of esters is 1. The third-order valence-electron chi connectivity index (χ3n) is 3.08. The normalized spacial score (nSPS) is 13.5. The minimum Gasteiger partial charge on any atom is -0.463 e. The van der Waals surface area contributed by atoms with Crippen molar-refractivity contribution in [3.05, 3.63) is 47.2 Å². The van der Waals surface area contributed by atoms with Gasteiger partial charge in [0, 0.05) is 11.7 Å². The number of nitrogens with one attached hydrogen (secondary N) is 1. The zero-order valence-corrected chi connectivity index (χ0v) is 12.2. The Morgan fingerprint density at radius 1 is 1.26 bits per heavy atom. The Hall–Kier alpha value is -1.77. The Morgan fingerprint density at radius 3 is 2.42 bits per heavy atom. The maximum absolute atomic E-state index is 11.7. The Kier molecular flexibility index (Phi) is 6.13. The molecule has 104 valence electrons. The highest BCUT2D eigenvalue weighted by Crippen LogP contribution is 2.16. The van der Waals surface area contributed by atoms with Crippen molar-refractivity contribution in [3.8, 4) is 0 Å². The fourth-order valence-electron chi connectivity index (χ4n) is 1.92. The Morgan fingerprint density at radius 2 is 1.89 bits per heavy atom. The zero-order chi connectivity index (χ0) is 14.3. The minimum atomic E-state index is -0.243. The molecule has 0 aliphatic carbocycles. The SMILES string of the molecule is CCOC(=O)/C(C)=C(/CC)N[C@@H](C)c1ccccc1. The van der Waals surface area contributed by atoms with Crippen LogP contribution in [0.25, 0.3) is 0 Å². The molecule has 0 heterocycles. The lowest BCUT2D eigenvalue weighted by Gasteiger charge is -2.19. The number of carbonyl (C=O) groups excluding carboxylic acids is 1. The first-order valence-electron chi connectivity index (χ1n) is 6.78. The topological polar surface area (TPSA) is 38.3 Å². The second-order valence-electron chi connectivity index (χ2n) is 4.45. The molecule has 0 saturated heterocycles. The van der Waals surface area contributed by atoms with Gasteiger partial charge in [-0.3, -0.25) is 0 Å². The first kappa shape index (κ1) is 15.3. The first-order chi connectivity index (χ1) is 9.10. The standard InChI is InChI=1S/C16H23NO2/c1-5-15(12(3)16(18)19-6-2)17-13(4)14-10-8-7-9-11-14/h7-11,13,17H,5-6H2,1-4H3/b15-12-/t13-/m0/s1. The third-order valence-corrected chi connectivity index (χ3v) is 3.08. The molecule has 1 aromatic rings. The molecular weight excluding hydrogens is 238 g/mol. The summed E-state index contributed by atoms with van der Waals surface area (Å²) in [7, 11) is 0. The van der Waals surface area contributed by atoms with Crippen molar-refractivity contribution in [1.29, 1.82) is 0 Å². The average Bonchev–Trinajstić information content (AvgIpc) is 2.45. The Balaban J connectivity index is 2.82. The maximum Gasteiger partial charge on any atom is 0.335 e. The van der Waals surface area contributed by atoms with E-state index in [-0.39, 0.29) is 12.0 Å². The second kappa shape index (κ2) is 7.62. The number of carbonyl (C=O) groups is 1. The summed E-state index contributed by atoms with van der Waals surface area (Å²) in [6.45, 7) is 8.14. The van der Waals surface area contributed by atoms with Crippen molar-refractivity contribution < 1.29 is 9.53 Å². The first-order valence-corrected chi connectivity index (χ1v) is 6.78. The average molecular weight is 261 g/mol. The highest BCUT2D eigenvalue weighted by Gasteiger charge is 2.13. The van der Waals surface area contributed by atoms with Crippen molar-refractivity contribution in [2.24, 2.45) is 0 Å². The molecule has 1 rings (SSSR count). The summed E-state index contributed by atoms with van der Waals surface area (Å²) in [6, 6.07) is 10.3. The van der Waals surface area contributed by atoms with Crippen LogP contribution in [0, 0.1) is 0 Å². The quantitative estimate of drug-likeness (QED) is 0.628. The molecule has 1 aromatic carbocycles. The van der Waals surface area contributed by atoms with Crippen LogP contribution in [0.4, 0.5) is 0 Å². The lowest BCUT2D eigenvalue weighted by molar-refractivity contribution is -0.138. The van der Waals surface area contributed by atoms with E-state index in [1.807, 2.05) is 39.0 Å². The molecule has 19 heavy (non-hydrogen) atoms. The van der Waals surface area contributed by atoms with E-state index in [2.05, 4.69) is 24.4 Å². The van der Waals surface area contributed by atoms with Crippen LogP contribution in [-0.4, -0.2) is 12.6 Å². The van der Waals surface area contributed by atoms with Gasteiger partial charge in [-0.15, -0.1) is 0 Å². The molecule has 3 heteroatoms. The highest BCUT2D eigenvalue weighted by atomic mass is 16.5. The predicted molar refractivity (Wildman–Crippen MR) is 77.6 cm³/mol. The van der Waals surface area contributed by atoms with Crippen LogP contribution in [0.3, 0.4) is 0 Å². The molecule has 0 unspecified atom stereocenters. The van der Waals surface area contributed by atoms with E-state index in [0.29, 0.717) is 12.2 Å². The fraction of sp³-hybridized carbons (Fsp3) is 0.438. The van der Waals surface area contributed by atoms with E-state index in [0.717, 1.165) is 12.1 Å². The summed E-state index contributed by atoms with van der Waals surface area (Å²) in [4.78, 5) is 11.7. The van der Waals surface area contributed by atoms with Crippen molar-refractivity contribution in [2.45, 2.75) is 40.2 Å². The molecule has 0 saturated carbocycles. The summed E-state index contributed by atoms with van der Waals surface area (Å²) in [5.41, 5.74) is 2.80. The maximum atomic E-state index is 11.7. The largest absolute Gasteiger partial charge is 0.463 e. The molecule has 0 aliphatic heterocycles. The van der Waals surface area contributed by atoms with E-state index in [1.165, 1.54) is 5.56 Å². The molecule has 0 fully saturated rings. The van der Waals surface area contributed by atoms with E-state index in [9.17, 15) is 4.79 Å². The van der Waals surface area contributed by atoms with Crippen LogP contribution >= 0.6 is 0 Å². The summed E-state index contributed by atoms with van der Waals surface area (Å²) >= 11 is 0. The lowest BCUT2D eigenvalue weighted by atomic mass is 10.1. The molecule has 0 aromatic heterocycles. The monoisotopic (exact) mass is 261 g/mol. The van der Waals surface area contributed by atoms with Gasteiger partial charge in [0.1, 0.15) is 0 Å². The molecular formula is C16H23NO2. The summed E-state index contributed by atoms with van der Waals surface area (Å²) in [5.74, 6) is -0.243. The van der Waals surface area contributed by atoms with E-state index < -0.39 is 0 Å². The van der Waals surface area contributed by atoms with Gasteiger partial charge in [-0.05, 0) is 32.8 Å². The summed E-state index contributed by atoms with van der Waals surface area (Å²) < 4.78 is 5.04. The van der Waals surface area contributed by atoms with Crippen LogP contribution in [0.1, 0.15) is 45.7 Å². The van der Waals surface area contributed by atoms with Gasteiger partial charge >= 0.3 is 5.97 Å². The molecule has 1 atom stereocenters. The van der Waals surface area contributed by atoms with Crippen LogP contribution < -0.4 is 5.32 Å². The lowest BCUT2D eigenvalue weighted by Crippen LogP contribution is -2.21. The number of ether oxygens (including phenoxy) is 1. The third kappa shape index (κ3) is 4.43. The Labute approximate surface area is 115 Å². The van der Waals surface area contributed by atoms with Crippen molar-refractivity contribution in [2.75, 3.05) is 6.61 Å². The van der Waals surface area contributed by atoms with Gasteiger partial charge in [0.15, 0.2) is 0 Å². The Bertz CT molecular complexity index is 437. The number of hydrogen-bond acceptors (Lipinski definition) is 3. The fourth-order valence-corrected chi connectivity index (χ4v) is 1.92. The number of benzene rings is 1. The van der Waals surface area contributed by atoms with Gasteiger partial charge in [0.25, 0.3) is 0 Å². The van der Waals surface area contributed by atoms with Gasteiger partial charge in [-0.2, -0.15) is 0 Å². The van der Waals surface area contributed by atoms with Crippen LogP contribution in [0.5, 0.6) is 0 Å². The van der Waals surface area contributed by atoms with Gasteiger partial charge in [0.2, 0.25) is 0 Å². The molecule has 1 N–H and O–H groups in total. The molecule has 0 spiro atoms. The van der Waals surface area contributed by atoms with Crippen LogP contribution in [-0.2, 0) is 9.53 Å². The van der Waals surface area contributed by atoms with Gasteiger partial charge in [0.05, 0.1) is 12.2 Å². The van der Waals surface area contributed by atoms with E-state index >= 15 is 0 Å². The van der Waals surface area contributed by atoms with E-state index in [4.69, 9.17) is 4.74 Å². The zero-order valence-electron chi connectivity index (χ0n) is 12.2. The predicted octanol–water partition coefficient (Wildman–Crippen LogP) is 3.58. The molecule has 0 radical (unpaired) electrons. The van der Waals surface area contributed by atoms with Crippen LogP contribution in [0.15, 0.2) is 41.6 Å². The van der Waals surface area contributed by atoms with Gasteiger partial charge < -0.3 is 10.1 Å². The van der Waals surface area contributed by atoms with Crippen LogP contribution in [0.2, 0.25) is 0 Å². The minimum absolute atomic E-state index is 0.167. The van der Waals surface area contributed by atoms with Gasteiger partial charge in [-0.25, -0.2) is 4.79 Å². The van der Waals surface area contributed by atoms with Crippen molar-refractivity contribution in [3.63, 3.8) is 0 Å². The van der Waals surface area contributed by atoms with Gasteiger partial charge in [-0.1, -0.05) is 37.3 Å². The van der Waals surface area contributed by atoms with Crippen molar-refractivity contribution >= 4 is 5.97 Å². The highest BCUT2D eigenvalue weighted by molar-refractivity contribution is 5.88. The summed E-state index contributed by atoms with van der Waals surface area (Å²) in [6.07, 6.45) is 0.780. The second-order valence-corrected chi connectivity index (χ2v) is 4.45. The number of hydrogen-bond donors (Lipinski definition) is 1. The molecule has 0 amide bonds.